The fraction of sp³-hybridized carbons (Fsp3) is 0.647. The summed E-state index contributed by atoms with van der Waals surface area (Å²) in [5, 5.41) is 3.33. The zero-order valence-corrected chi connectivity index (χ0v) is 12.1. The maximum Gasteiger partial charge on any atom is 0.0401 e. The lowest BCUT2D eigenvalue weighted by Gasteiger charge is -2.41. The Kier molecular flexibility index (Phi) is 4.07. The van der Waals surface area contributed by atoms with Gasteiger partial charge in [0, 0.05) is 18.3 Å². The molecule has 1 saturated carbocycles. The van der Waals surface area contributed by atoms with Gasteiger partial charge in [-0.3, -0.25) is 0 Å². The molecule has 2 aliphatic rings. The minimum atomic E-state index is 0.787. The Balaban J connectivity index is 1.68. The summed E-state index contributed by atoms with van der Waals surface area (Å²) in [6.07, 6.45) is 8.13. The average molecular weight is 258 g/mol. The van der Waals surface area contributed by atoms with Gasteiger partial charge in [0.15, 0.2) is 0 Å². The van der Waals surface area contributed by atoms with E-state index in [9.17, 15) is 0 Å². The summed E-state index contributed by atoms with van der Waals surface area (Å²) in [7, 11) is 2.08. The summed E-state index contributed by atoms with van der Waals surface area (Å²) in [5.74, 6) is 0.904. The predicted octanol–water partition coefficient (Wildman–Crippen LogP) is 3.22. The van der Waals surface area contributed by atoms with Gasteiger partial charge in [-0.05, 0) is 69.7 Å². The molecule has 2 heteroatoms. The Morgan fingerprint density at radius 2 is 1.95 bits per heavy atom. The number of para-hydroxylation sites is 1. The van der Waals surface area contributed by atoms with E-state index in [1.165, 1.54) is 57.3 Å². The van der Waals surface area contributed by atoms with Crippen LogP contribution in [0, 0.1) is 5.92 Å². The van der Waals surface area contributed by atoms with Gasteiger partial charge in [-0.25, -0.2) is 0 Å². The molecule has 1 heterocycles. The van der Waals surface area contributed by atoms with Crippen LogP contribution in [-0.4, -0.2) is 26.2 Å². The van der Waals surface area contributed by atoms with Crippen LogP contribution in [0.3, 0.4) is 0 Å². The second-order valence-electron chi connectivity index (χ2n) is 6.16. The number of nitrogens with one attached hydrogen (secondary N) is 1. The van der Waals surface area contributed by atoms with Crippen molar-refractivity contribution in [3.05, 3.63) is 29.8 Å². The normalized spacial score (nSPS) is 27.1. The van der Waals surface area contributed by atoms with Crippen molar-refractivity contribution in [3.63, 3.8) is 0 Å². The van der Waals surface area contributed by atoms with Gasteiger partial charge in [-0.15, -0.1) is 0 Å². The van der Waals surface area contributed by atoms with Crippen molar-refractivity contribution in [2.45, 2.75) is 44.6 Å². The van der Waals surface area contributed by atoms with Crippen molar-refractivity contribution >= 4 is 5.69 Å². The van der Waals surface area contributed by atoms with Crippen molar-refractivity contribution < 1.29 is 0 Å². The van der Waals surface area contributed by atoms with Crippen molar-refractivity contribution in [2.75, 3.05) is 25.0 Å². The molecule has 0 aromatic heterocycles. The number of anilines is 1. The highest BCUT2D eigenvalue weighted by Gasteiger charge is 2.28. The SMILES string of the molecule is CNCC1CCC(N2CCCc3ccccc32)CC1. The molecule has 1 aromatic carbocycles. The van der Waals surface area contributed by atoms with Crippen molar-refractivity contribution in [3.8, 4) is 0 Å². The molecular formula is C17H26N2. The number of benzene rings is 1. The van der Waals surface area contributed by atoms with Crippen molar-refractivity contribution in [2.24, 2.45) is 5.92 Å². The smallest absolute Gasteiger partial charge is 0.0401 e. The topological polar surface area (TPSA) is 15.3 Å². The monoisotopic (exact) mass is 258 g/mol. The molecule has 1 aliphatic heterocycles. The molecule has 1 N–H and O–H groups in total. The first kappa shape index (κ1) is 13.0. The minimum Gasteiger partial charge on any atom is -0.368 e. The lowest BCUT2D eigenvalue weighted by atomic mass is 9.84. The third-order valence-corrected chi connectivity index (χ3v) is 4.90. The van der Waals surface area contributed by atoms with Crippen LogP contribution in [0.25, 0.3) is 0 Å². The number of rotatable bonds is 3. The van der Waals surface area contributed by atoms with E-state index in [0.29, 0.717) is 0 Å². The van der Waals surface area contributed by atoms with Crippen LogP contribution in [-0.2, 0) is 6.42 Å². The zero-order valence-electron chi connectivity index (χ0n) is 12.1. The lowest BCUT2D eigenvalue weighted by molar-refractivity contribution is 0.307. The van der Waals surface area contributed by atoms with E-state index in [1.807, 2.05) is 0 Å². The van der Waals surface area contributed by atoms with Crippen LogP contribution in [0.5, 0.6) is 0 Å². The third kappa shape index (κ3) is 2.79. The largest absolute Gasteiger partial charge is 0.368 e. The maximum absolute atomic E-state index is 3.33. The Morgan fingerprint density at radius 3 is 2.74 bits per heavy atom. The molecule has 19 heavy (non-hydrogen) atoms. The number of aryl methyl sites for hydroxylation is 1. The van der Waals surface area contributed by atoms with E-state index in [0.717, 1.165) is 12.0 Å². The highest BCUT2D eigenvalue weighted by molar-refractivity contribution is 5.56. The summed E-state index contributed by atoms with van der Waals surface area (Å²) in [6, 6.07) is 9.81. The van der Waals surface area contributed by atoms with Crippen LogP contribution in [0.15, 0.2) is 24.3 Å². The molecule has 0 radical (unpaired) electrons. The van der Waals surface area contributed by atoms with Crippen LogP contribution in [0.2, 0.25) is 0 Å². The number of fused-ring (bicyclic) bond motifs is 1. The standard InChI is InChI=1S/C17H26N2/c1-18-13-14-8-10-16(11-9-14)19-12-4-6-15-5-2-3-7-17(15)19/h2-3,5,7,14,16,18H,4,6,8-13H2,1H3. The predicted molar refractivity (Wildman–Crippen MR) is 81.8 cm³/mol. The van der Waals surface area contributed by atoms with Gasteiger partial charge in [0.1, 0.15) is 0 Å². The third-order valence-electron chi connectivity index (χ3n) is 4.90. The van der Waals surface area contributed by atoms with Gasteiger partial charge < -0.3 is 10.2 Å². The van der Waals surface area contributed by atoms with Crippen molar-refractivity contribution in [1.29, 1.82) is 0 Å². The second-order valence-corrected chi connectivity index (χ2v) is 6.16. The Labute approximate surface area is 117 Å². The highest BCUT2D eigenvalue weighted by Crippen LogP contribution is 2.34. The molecule has 0 unspecified atom stereocenters. The van der Waals surface area contributed by atoms with Crippen LogP contribution >= 0.6 is 0 Å². The molecule has 0 saturated heterocycles. The summed E-state index contributed by atoms with van der Waals surface area (Å²) in [6.45, 7) is 2.46. The first-order valence-electron chi connectivity index (χ1n) is 7.87. The lowest BCUT2D eigenvalue weighted by Crippen LogP contribution is -2.42. The average Bonchev–Trinajstić information content (AvgIpc) is 2.48. The molecule has 0 bridgehead atoms. The molecule has 1 fully saturated rings. The molecule has 1 aromatic rings. The number of nitrogens with zero attached hydrogens (tertiary/aromatic N) is 1. The minimum absolute atomic E-state index is 0.787. The fourth-order valence-corrected chi connectivity index (χ4v) is 3.89. The number of hydrogen-bond acceptors (Lipinski definition) is 2. The van der Waals surface area contributed by atoms with Gasteiger partial charge in [0.25, 0.3) is 0 Å². The first-order valence-corrected chi connectivity index (χ1v) is 7.87. The van der Waals surface area contributed by atoms with Gasteiger partial charge >= 0.3 is 0 Å². The maximum atomic E-state index is 3.33. The van der Waals surface area contributed by atoms with Gasteiger partial charge in [-0.1, -0.05) is 18.2 Å². The zero-order chi connectivity index (χ0) is 13.1. The van der Waals surface area contributed by atoms with E-state index in [1.54, 1.807) is 5.56 Å². The Bertz CT molecular complexity index is 407. The summed E-state index contributed by atoms with van der Waals surface area (Å²) >= 11 is 0. The quantitative estimate of drug-likeness (QED) is 0.895. The van der Waals surface area contributed by atoms with E-state index >= 15 is 0 Å². The molecule has 0 spiro atoms. The summed E-state index contributed by atoms with van der Waals surface area (Å²) in [4.78, 5) is 2.70. The van der Waals surface area contributed by atoms with E-state index in [4.69, 9.17) is 0 Å². The van der Waals surface area contributed by atoms with Crippen LogP contribution in [0.4, 0.5) is 5.69 Å². The summed E-state index contributed by atoms with van der Waals surface area (Å²) in [5.41, 5.74) is 3.08. The van der Waals surface area contributed by atoms with E-state index in [2.05, 4.69) is 41.5 Å². The molecule has 0 atom stereocenters. The van der Waals surface area contributed by atoms with Crippen LogP contribution in [0.1, 0.15) is 37.7 Å². The molecule has 3 rings (SSSR count). The Morgan fingerprint density at radius 1 is 1.16 bits per heavy atom. The molecule has 0 amide bonds. The molecule has 2 nitrogen and oxygen atoms in total. The molecular weight excluding hydrogens is 232 g/mol. The van der Waals surface area contributed by atoms with Crippen LogP contribution < -0.4 is 10.2 Å². The van der Waals surface area contributed by atoms with Gasteiger partial charge in [-0.2, -0.15) is 0 Å². The highest BCUT2D eigenvalue weighted by atomic mass is 15.2. The summed E-state index contributed by atoms with van der Waals surface area (Å²) < 4.78 is 0. The van der Waals surface area contributed by atoms with Gasteiger partial charge in [0.2, 0.25) is 0 Å². The van der Waals surface area contributed by atoms with E-state index in [-0.39, 0.29) is 0 Å². The Hall–Kier alpha value is -1.02. The van der Waals surface area contributed by atoms with Crippen molar-refractivity contribution in [1.82, 2.24) is 5.32 Å². The van der Waals surface area contributed by atoms with E-state index < -0.39 is 0 Å². The second kappa shape index (κ2) is 5.96. The number of hydrogen-bond donors (Lipinski definition) is 1. The fourth-order valence-electron chi connectivity index (χ4n) is 3.89. The molecule has 1 aliphatic carbocycles. The first-order chi connectivity index (χ1) is 9.38. The van der Waals surface area contributed by atoms with Gasteiger partial charge in [0.05, 0.1) is 0 Å². The molecule has 104 valence electrons.